The van der Waals surface area contributed by atoms with E-state index in [0.29, 0.717) is 17.1 Å². The van der Waals surface area contributed by atoms with E-state index in [1.165, 1.54) is 50.6 Å². The summed E-state index contributed by atoms with van der Waals surface area (Å²) in [5.41, 5.74) is 0.606. The number of nitro benzene ring substituents is 1. The van der Waals surface area contributed by atoms with Crippen molar-refractivity contribution in [3.8, 4) is 11.5 Å². The van der Waals surface area contributed by atoms with Gasteiger partial charge >= 0.3 is 0 Å². The van der Waals surface area contributed by atoms with Crippen LogP contribution in [0.25, 0.3) is 0 Å². The lowest BCUT2D eigenvalue weighted by Gasteiger charge is -2.14. The van der Waals surface area contributed by atoms with Crippen LogP contribution in [0.3, 0.4) is 0 Å². The molecule has 0 saturated carbocycles. The minimum atomic E-state index is -1.02. The quantitative estimate of drug-likeness (QED) is 0.564. The highest BCUT2D eigenvalue weighted by Crippen LogP contribution is 2.36. The van der Waals surface area contributed by atoms with Gasteiger partial charge < -0.3 is 19.9 Å². The van der Waals surface area contributed by atoms with Crippen molar-refractivity contribution in [1.82, 2.24) is 5.32 Å². The number of aliphatic hydroxyl groups excluding tert-OH is 1. The van der Waals surface area contributed by atoms with Crippen molar-refractivity contribution in [2.75, 3.05) is 20.8 Å². The van der Waals surface area contributed by atoms with Crippen LogP contribution < -0.4 is 14.8 Å². The molecular weight excluding hydrogens is 364 g/mol. The number of hydrogen-bond acceptors (Lipinski definition) is 6. The number of ether oxygens (including phenoxy) is 2. The first-order chi connectivity index (χ1) is 12.4. The molecule has 26 heavy (non-hydrogen) atoms. The number of amides is 1. The molecule has 2 aromatic rings. The first-order valence-electron chi connectivity index (χ1n) is 7.49. The summed E-state index contributed by atoms with van der Waals surface area (Å²) in [7, 11) is 2.86. The summed E-state index contributed by atoms with van der Waals surface area (Å²) < 4.78 is 10.2. The molecule has 0 fully saturated rings. The van der Waals surface area contributed by atoms with Crippen molar-refractivity contribution in [1.29, 1.82) is 0 Å². The molecule has 2 N–H and O–H groups in total. The van der Waals surface area contributed by atoms with Crippen LogP contribution in [0.1, 0.15) is 22.0 Å². The van der Waals surface area contributed by atoms with Gasteiger partial charge in [-0.1, -0.05) is 11.6 Å². The molecule has 1 amide bonds. The van der Waals surface area contributed by atoms with Crippen LogP contribution >= 0.6 is 11.6 Å². The van der Waals surface area contributed by atoms with E-state index in [2.05, 4.69) is 5.32 Å². The van der Waals surface area contributed by atoms with E-state index < -0.39 is 16.9 Å². The lowest BCUT2D eigenvalue weighted by Crippen LogP contribution is -2.28. The number of nitrogens with zero attached hydrogens (tertiary/aromatic N) is 1. The Balaban J connectivity index is 2.06. The van der Waals surface area contributed by atoms with E-state index in [0.717, 1.165) is 0 Å². The van der Waals surface area contributed by atoms with Gasteiger partial charge in [0.25, 0.3) is 11.6 Å². The molecule has 138 valence electrons. The number of carbonyl (C=O) groups is 1. The molecule has 0 spiro atoms. The van der Waals surface area contributed by atoms with Crippen LogP contribution in [0, 0.1) is 10.1 Å². The summed E-state index contributed by atoms with van der Waals surface area (Å²) in [6.07, 6.45) is -1.02. The molecule has 1 unspecified atom stereocenters. The van der Waals surface area contributed by atoms with Gasteiger partial charge in [0.1, 0.15) is 0 Å². The van der Waals surface area contributed by atoms with E-state index in [-0.39, 0.29) is 22.8 Å². The van der Waals surface area contributed by atoms with Crippen molar-refractivity contribution in [2.24, 2.45) is 0 Å². The molecule has 0 heterocycles. The molecular formula is C17H17ClN2O6. The number of nitro groups is 1. The highest BCUT2D eigenvalue weighted by atomic mass is 35.5. The Morgan fingerprint density at radius 3 is 2.46 bits per heavy atom. The van der Waals surface area contributed by atoms with Gasteiger partial charge in [-0.15, -0.1) is 0 Å². The minimum Gasteiger partial charge on any atom is -0.493 e. The second kappa shape index (κ2) is 8.50. The van der Waals surface area contributed by atoms with Crippen LogP contribution in [0.15, 0.2) is 36.4 Å². The van der Waals surface area contributed by atoms with Crippen molar-refractivity contribution in [3.63, 3.8) is 0 Å². The number of halogens is 1. The van der Waals surface area contributed by atoms with Crippen LogP contribution in [-0.4, -0.2) is 36.7 Å². The standard InChI is InChI=1S/C17H17ClN2O6/c1-25-15-8-11(7-13(18)16(15)26-2)17(22)19-9-14(21)10-3-5-12(6-4-10)20(23)24/h3-8,14,21H,9H2,1-2H3,(H,19,22). The second-order valence-corrected chi connectivity index (χ2v) is 5.68. The van der Waals surface area contributed by atoms with E-state index in [4.69, 9.17) is 21.1 Å². The number of methoxy groups -OCH3 is 2. The highest BCUT2D eigenvalue weighted by molar-refractivity contribution is 6.32. The van der Waals surface area contributed by atoms with Gasteiger partial charge in [0, 0.05) is 24.2 Å². The molecule has 0 aliphatic carbocycles. The van der Waals surface area contributed by atoms with E-state index in [1.54, 1.807) is 0 Å². The number of non-ortho nitro benzene ring substituents is 1. The number of hydrogen-bond donors (Lipinski definition) is 2. The van der Waals surface area contributed by atoms with Crippen LogP contribution in [0.2, 0.25) is 5.02 Å². The maximum absolute atomic E-state index is 12.3. The molecule has 0 saturated heterocycles. The second-order valence-electron chi connectivity index (χ2n) is 5.27. The molecule has 9 heteroatoms. The molecule has 2 aromatic carbocycles. The molecule has 1 atom stereocenters. The highest BCUT2D eigenvalue weighted by Gasteiger charge is 2.17. The maximum Gasteiger partial charge on any atom is 0.269 e. The van der Waals surface area contributed by atoms with Gasteiger partial charge in [0.2, 0.25) is 0 Å². The van der Waals surface area contributed by atoms with Crippen molar-refractivity contribution in [2.45, 2.75) is 6.10 Å². The van der Waals surface area contributed by atoms with E-state index in [1.807, 2.05) is 0 Å². The molecule has 8 nitrogen and oxygen atoms in total. The Bertz CT molecular complexity index is 810. The lowest BCUT2D eigenvalue weighted by atomic mass is 10.1. The Hall–Kier alpha value is -2.84. The van der Waals surface area contributed by atoms with Gasteiger partial charge in [-0.2, -0.15) is 0 Å². The Morgan fingerprint density at radius 1 is 1.27 bits per heavy atom. The lowest BCUT2D eigenvalue weighted by molar-refractivity contribution is -0.384. The average molecular weight is 381 g/mol. The van der Waals surface area contributed by atoms with E-state index in [9.17, 15) is 20.0 Å². The summed E-state index contributed by atoms with van der Waals surface area (Å²) in [4.78, 5) is 22.4. The first-order valence-corrected chi connectivity index (χ1v) is 7.87. The normalized spacial score (nSPS) is 11.5. The fourth-order valence-corrected chi connectivity index (χ4v) is 2.56. The smallest absolute Gasteiger partial charge is 0.269 e. The largest absolute Gasteiger partial charge is 0.493 e. The molecule has 0 radical (unpaired) electrons. The SMILES string of the molecule is COc1cc(C(=O)NCC(O)c2ccc([N+](=O)[O-])cc2)cc(Cl)c1OC. The summed E-state index contributed by atoms with van der Waals surface area (Å²) in [6, 6.07) is 8.34. The summed E-state index contributed by atoms with van der Waals surface area (Å²) in [6.45, 7) is -0.0807. The van der Waals surface area contributed by atoms with Crippen molar-refractivity contribution in [3.05, 3.63) is 62.7 Å². The Morgan fingerprint density at radius 2 is 1.92 bits per heavy atom. The van der Waals surface area contributed by atoms with E-state index >= 15 is 0 Å². The topological polar surface area (TPSA) is 111 Å². The van der Waals surface area contributed by atoms with Crippen molar-refractivity contribution >= 4 is 23.2 Å². The predicted molar refractivity (Wildman–Crippen MR) is 94.9 cm³/mol. The number of aliphatic hydroxyl groups is 1. The average Bonchev–Trinajstić information content (AvgIpc) is 2.64. The zero-order valence-corrected chi connectivity index (χ0v) is 14.8. The fraction of sp³-hybridized carbons (Fsp3) is 0.235. The monoisotopic (exact) mass is 380 g/mol. The van der Waals surface area contributed by atoms with Crippen molar-refractivity contribution < 1.29 is 24.3 Å². The number of nitrogens with one attached hydrogen (secondary N) is 1. The zero-order valence-electron chi connectivity index (χ0n) is 14.1. The third-order valence-corrected chi connectivity index (χ3v) is 3.92. The predicted octanol–water partition coefficient (Wildman–Crippen LogP) is 2.73. The molecule has 2 rings (SSSR count). The molecule has 0 aliphatic heterocycles. The Labute approximate surface area is 154 Å². The number of carbonyl (C=O) groups excluding carboxylic acids is 1. The summed E-state index contributed by atoms with van der Waals surface area (Å²) in [5.74, 6) is 0.159. The third kappa shape index (κ3) is 4.41. The van der Waals surface area contributed by atoms with Gasteiger partial charge in [0.05, 0.1) is 30.3 Å². The number of rotatable bonds is 7. The first kappa shape index (κ1) is 19.5. The van der Waals surface area contributed by atoms with Gasteiger partial charge in [-0.25, -0.2) is 0 Å². The Kier molecular flexibility index (Phi) is 6.37. The van der Waals surface area contributed by atoms with Crippen LogP contribution in [-0.2, 0) is 0 Å². The fourth-order valence-electron chi connectivity index (χ4n) is 2.28. The summed E-state index contributed by atoms with van der Waals surface area (Å²) >= 11 is 6.07. The van der Waals surface area contributed by atoms with Gasteiger partial charge in [-0.3, -0.25) is 14.9 Å². The maximum atomic E-state index is 12.3. The third-order valence-electron chi connectivity index (χ3n) is 3.64. The number of benzene rings is 2. The molecule has 0 aromatic heterocycles. The summed E-state index contributed by atoms with van der Waals surface area (Å²) in [5, 5.41) is 23.6. The van der Waals surface area contributed by atoms with Crippen LogP contribution in [0.5, 0.6) is 11.5 Å². The van der Waals surface area contributed by atoms with Crippen LogP contribution in [0.4, 0.5) is 5.69 Å². The minimum absolute atomic E-state index is 0.0787. The molecule has 0 aliphatic rings. The van der Waals surface area contributed by atoms with Gasteiger partial charge in [-0.05, 0) is 29.8 Å². The molecule has 0 bridgehead atoms. The zero-order chi connectivity index (χ0) is 19.3. The van der Waals surface area contributed by atoms with Gasteiger partial charge in [0.15, 0.2) is 11.5 Å².